The maximum absolute atomic E-state index is 13.3. The number of anilines is 3. The van der Waals surface area contributed by atoms with Crippen molar-refractivity contribution in [3.05, 3.63) is 59.6 Å². The van der Waals surface area contributed by atoms with E-state index in [-0.39, 0.29) is 22.4 Å². The van der Waals surface area contributed by atoms with Crippen LogP contribution in [0.15, 0.2) is 48.0 Å². The van der Waals surface area contributed by atoms with Gasteiger partial charge in [-0.1, -0.05) is 29.0 Å². The Balaban J connectivity index is 1.87. The first-order valence-electron chi connectivity index (χ1n) is 8.04. The first kappa shape index (κ1) is 18.5. The molecule has 2 aromatic carbocycles. The van der Waals surface area contributed by atoms with Crippen LogP contribution in [-0.2, 0) is 4.79 Å². The molecule has 8 heteroatoms. The zero-order valence-corrected chi connectivity index (χ0v) is 15.5. The second-order valence-corrected chi connectivity index (χ2v) is 7.10. The van der Waals surface area contributed by atoms with Crippen LogP contribution in [0.25, 0.3) is 10.8 Å². The highest BCUT2D eigenvalue weighted by molar-refractivity contribution is 7.20. The standard InChI is InChI=1S/C19H17FN4O2S/c1-10(2)7-15(25)23-18-16(17(21)26)24-19(27-18)22-14-6-4-11-8-13(20)5-3-12(11)9-14/h3-9H,1-2H3,(H2,21,26)(H,22,24)(H,23,25). The number of nitrogens with zero attached hydrogens (tertiary/aromatic N) is 1. The summed E-state index contributed by atoms with van der Waals surface area (Å²) in [5, 5.41) is 8.00. The first-order valence-corrected chi connectivity index (χ1v) is 8.86. The largest absolute Gasteiger partial charge is 0.364 e. The third-order valence-corrected chi connectivity index (χ3v) is 4.46. The minimum absolute atomic E-state index is 0.0131. The summed E-state index contributed by atoms with van der Waals surface area (Å²) >= 11 is 1.10. The molecule has 0 aliphatic carbocycles. The van der Waals surface area contributed by atoms with E-state index in [0.717, 1.165) is 27.7 Å². The van der Waals surface area contributed by atoms with Gasteiger partial charge in [-0.05, 0) is 48.9 Å². The van der Waals surface area contributed by atoms with E-state index in [1.54, 1.807) is 32.0 Å². The van der Waals surface area contributed by atoms with Crippen LogP contribution < -0.4 is 16.4 Å². The summed E-state index contributed by atoms with van der Waals surface area (Å²) in [5.41, 5.74) is 6.88. The Bertz CT molecular complexity index is 1070. The van der Waals surface area contributed by atoms with Crippen molar-refractivity contribution in [2.45, 2.75) is 13.8 Å². The number of allylic oxidation sites excluding steroid dienone is 1. The monoisotopic (exact) mass is 384 g/mol. The van der Waals surface area contributed by atoms with Gasteiger partial charge in [0.25, 0.3) is 5.91 Å². The molecule has 1 aromatic heterocycles. The number of hydrogen-bond donors (Lipinski definition) is 3. The lowest BCUT2D eigenvalue weighted by molar-refractivity contribution is -0.111. The predicted molar refractivity (Wildman–Crippen MR) is 106 cm³/mol. The number of thiazole rings is 1. The third-order valence-electron chi connectivity index (χ3n) is 3.57. The van der Waals surface area contributed by atoms with Gasteiger partial charge in [-0.3, -0.25) is 9.59 Å². The highest BCUT2D eigenvalue weighted by Gasteiger charge is 2.17. The van der Waals surface area contributed by atoms with E-state index in [9.17, 15) is 14.0 Å². The van der Waals surface area contributed by atoms with Gasteiger partial charge in [-0.15, -0.1) is 0 Å². The van der Waals surface area contributed by atoms with Crippen molar-refractivity contribution in [2.75, 3.05) is 10.6 Å². The molecule has 0 fully saturated rings. The van der Waals surface area contributed by atoms with Crippen LogP contribution in [0.5, 0.6) is 0 Å². The molecular formula is C19H17FN4O2S. The van der Waals surface area contributed by atoms with E-state index in [0.29, 0.717) is 10.8 Å². The highest BCUT2D eigenvalue weighted by atomic mass is 32.1. The second-order valence-electron chi connectivity index (χ2n) is 6.10. The topological polar surface area (TPSA) is 97.1 Å². The Morgan fingerprint density at radius 1 is 1.15 bits per heavy atom. The summed E-state index contributed by atoms with van der Waals surface area (Å²) in [5.74, 6) is -1.40. The number of halogens is 1. The smallest absolute Gasteiger partial charge is 0.270 e. The minimum Gasteiger partial charge on any atom is -0.364 e. The summed E-state index contributed by atoms with van der Waals surface area (Å²) in [7, 11) is 0. The molecule has 4 N–H and O–H groups in total. The fourth-order valence-corrected chi connectivity index (χ4v) is 3.35. The molecule has 0 saturated heterocycles. The molecule has 27 heavy (non-hydrogen) atoms. The maximum Gasteiger partial charge on any atom is 0.270 e. The van der Waals surface area contributed by atoms with Gasteiger partial charge in [-0.25, -0.2) is 9.37 Å². The van der Waals surface area contributed by atoms with Crippen molar-refractivity contribution < 1.29 is 14.0 Å². The summed E-state index contributed by atoms with van der Waals surface area (Å²) in [4.78, 5) is 27.7. The van der Waals surface area contributed by atoms with Crippen molar-refractivity contribution in [3.8, 4) is 0 Å². The fourth-order valence-electron chi connectivity index (χ4n) is 2.45. The lowest BCUT2D eigenvalue weighted by Gasteiger charge is -2.04. The zero-order chi connectivity index (χ0) is 19.6. The number of hydrogen-bond acceptors (Lipinski definition) is 5. The van der Waals surface area contributed by atoms with Crippen LogP contribution in [0.4, 0.5) is 20.2 Å². The number of nitrogens with one attached hydrogen (secondary N) is 2. The molecule has 1 heterocycles. The number of nitrogens with two attached hydrogens (primary N) is 1. The Morgan fingerprint density at radius 3 is 2.56 bits per heavy atom. The maximum atomic E-state index is 13.3. The van der Waals surface area contributed by atoms with Gasteiger partial charge in [-0.2, -0.15) is 0 Å². The van der Waals surface area contributed by atoms with Crippen LogP contribution in [0, 0.1) is 5.82 Å². The zero-order valence-electron chi connectivity index (χ0n) is 14.7. The Morgan fingerprint density at radius 2 is 1.85 bits per heavy atom. The molecule has 0 bridgehead atoms. The normalized spacial score (nSPS) is 10.5. The van der Waals surface area contributed by atoms with Crippen LogP contribution in [-0.4, -0.2) is 16.8 Å². The van der Waals surface area contributed by atoms with E-state index in [4.69, 9.17) is 5.73 Å². The van der Waals surface area contributed by atoms with Gasteiger partial charge < -0.3 is 16.4 Å². The van der Waals surface area contributed by atoms with Crippen LogP contribution >= 0.6 is 11.3 Å². The number of carbonyl (C=O) groups excluding carboxylic acids is 2. The number of primary amides is 1. The highest BCUT2D eigenvalue weighted by Crippen LogP contribution is 2.31. The molecule has 138 valence electrons. The van der Waals surface area contributed by atoms with Crippen LogP contribution in [0.1, 0.15) is 24.3 Å². The van der Waals surface area contributed by atoms with E-state index in [2.05, 4.69) is 15.6 Å². The molecule has 0 atom stereocenters. The molecule has 6 nitrogen and oxygen atoms in total. The van der Waals surface area contributed by atoms with E-state index in [1.807, 2.05) is 6.07 Å². The lowest BCUT2D eigenvalue weighted by atomic mass is 10.1. The van der Waals surface area contributed by atoms with Gasteiger partial charge in [0.1, 0.15) is 10.8 Å². The number of rotatable bonds is 5. The number of aromatic nitrogens is 1. The lowest BCUT2D eigenvalue weighted by Crippen LogP contribution is -2.16. The summed E-state index contributed by atoms with van der Waals surface area (Å²) in [6, 6.07) is 9.90. The van der Waals surface area contributed by atoms with Crippen molar-refractivity contribution in [1.82, 2.24) is 4.98 Å². The number of amides is 2. The van der Waals surface area contributed by atoms with Gasteiger partial charge in [0.05, 0.1) is 0 Å². The third kappa shape index (κ3) is 4.48. The quantitative estimate of drug-likeness (QED) is 0.575. The average Bonchev–Trinajstić information content (AvgIpc) is 2.96. The van der Waals surface area contributed by atoms with E-state index in [1.165, 1.54) is 18.2 Å². The number of benzene rings is 2. The van der Waals surface area contributed by atoms with E-state index >= 15 is 0 Å². The van der Waals surface area contributed by atoms with Gasteiger partial charge in [0.2, 0.25) is 5.91 Å². The molecule has 0 aliphatic heterocycles. The average molecular weight is 384 g/mol. The van der Waals surface area contributed by atoms with Crippen molar-refractivity contribution in [3.63, 3.8) is 0 Å². The second kappa shape index (κ2) is 7.55. The Kier molecular flexibility index (Phi) is 5.18. The molecule has 3 aromatic rings. The van der Waals surface area contributed by atoms with Crippen LogP contribution in [0.2, 0.25) is 0 Å². The number of carbonyl (C=O) groups is 2. The Hall–Kier alpha value is -3.26. The number of fused-ring (bicyclic) bond motifs is 1. The molecule has 0 radical (unpaired) electrons. The summed E-state index contributed by atoms with van der Waals surface area (Å²) in [6.45, 7) is 3.58. The first-order chi connectivity index (χ1) is 12.8. The van der Waals surface area contributed by atoms with Gasteiger partial charge in [0, 0.05) is 11.8 Å². The Labute approximate surface area is 158 Å². The van der Waals surface area contributed by atoms with Crippen molar-refractivity contribution in [2.24, 2.45) is 5.73 Å². The van der Waals surface area contributed by atoms with Gasteiger partial charge >= 0.3 is 0 Å². The van der Waals surface area contributed by atoms with Crippen LogP contribution in [0.3, 0.4) is 0 Å². The van der Waals surface area contributed by atoms with Gasteiger partial charge in [0.15, 0.2) is 10.8 Å². The molecule has 0 aliphatic rings. The molecule has 0 saturated carbocycles. The summed E-state index contributed by atoms with van der Waals surface area (Å²) in [6.07, 6.45) is 1.42. The summed E-state index contributed by atoms with van der Waals surface area (Å²) < 4.78 is 13.3. The minimum atomic E-state index is -0.735. The van der Waals surface area contributed by atoms with E-state index < -0.39 is 5.91 Å². The fraction of sp³-hybridized carbons (Fsp3) is 0.105. The SMILES string of the molecule is CC(C)=CC(=O)Nc1sc(Nc2ccc3cc(F)ccc3c2)nc1C(N)=O. The molecular weight excluding hydrogens is 367 g/mol. The molecule has 0 unspecified atom stereocenters. The predicted octanol–water partition coefficient (Wildman–Crippen LogP) is 4.18. The molecule has 0 spiro atoms. The van der Waals surface area contributed by atoms with Crippen molar-refractivity contribution >= 4 is 49.7 Å². The molecule has 2 amide bonds. The molecule has 3 rings (SSSR count). The van der Waals surface area contributed by atoms with Crippen molar-refractivity contribution in [1.29, 1.82) is 0 Å².